The van der Waals surface area contributed by atoms with E-state index in [1.165, 1.54) is 11.1 Å². The second kappa shape index (κ2) is 4.84. The lowest BCUT2D eigenvalue weighted by atomic mass is 9.84. The molecule has 1 aliphatic rings. The molecule has 1 aromatic rings. The van der Waals surface area contributed by atoms with Gasteiger partial charge in [-0.05, 0) is 50.2 Å². The zero-order valence-electron chi connectivity index (χ0n) is 10.1. The highest BCUT2D eigenvalue weighted by molar-refractivity contribution is 5.32. The molecule has 2 rings (SSSR count). The van der Waals surface area contributed by atoms with E-state index in [1.54, 1.807) is 0 Å². The molecule has 2 unspecified atom stereocenters. The SMILES string of the molecule is Cc1ccc(C)c(C(O)C2CC=CCC2)c1. The molecule has 0 heterocycles. The highest BCUT2D eigenvalue weighted by atomic mass is 16.3. The smallest absolute Gasteiger partial charge is 0.0823 e. The lowest BCUT2D eigenvalue weighted by Gasteiger charge is -2.25. The predicted octanol–water partition coefficient (Wildman–Crippen LogP) is 3.69. The topological polar surface area (TPSA) is 20.2 Å². The van der Waals surface area contributed by atoms with E-state index < -0.39 is 0 Å². The maximum atomic E-state index is 10.4. The first kappa shape index (κ1) is 11.4. The normalized spacial score (nSPS) is 22.1. The van der Waals surface area contributed by atoms with Crippen molar-refractivity contribution in [1.29, 1.82) is 0 Å². The minimum absolute atomic E-state index is 0.301. The number of rotatable bonds is 2. The summed E-state index contributed by atoms with van der Waals surface area (Å²) in [6, 6.07) is 6.33. The monoisotopic (exact) mass is 216 g/mol. The summed E-state index contributed by atoms with van der Waals surface area (Å²) in [6.07, 6.45) is 7.32. The van der Waals surface area contributed by atoms with Crippen molar-refractivity contribution in [3.05, 3.63) is 47.0 Å². The fourth-order valence-corrected chi connectivity index (χ4v) is 2.44. The summed E-state index contributed by atoms with van der Waals surface area (Å²) in [5, 5.41) is 10.4. The van der Waals surface area contributed by atoms with Crippen molar-refractivity contribution in [2.24, 2.45) is 5.92 Å². The van der Waals surface area contributed by atoms with Gasteiger partial charge in [0, 0.05) is 0 Å². The summed E-state index contributed by atoms with van der Waals surface area (Å²) in [5.41, 5.74) is 3.54. The van der Waals surface area contributed by atoms with Crippen LogP contribution in [0.1, 0.15) is 42.1 Å². The van der Waals surface area contributed by atoms with Crippen LogP contribution in [0.4, 0.5) is 0 Å². The van der Waals surface area contributed by atoms with Gasteiger partial charge < -0.3 is 5.11 Å². The molecular formula is C15H20O. The molecule has 1 aromatic carbocycles. The van der Waals surface area contributed by atoms with Crippen LogP contribution in [0.25, 0.3) is 0 Å². The molecule has 0 fully saturated rings. The molecule has 0 saturated heterocycles. The molecule has 0 aliphatic heterocycles. The van der Waals surface area contributed by atoms with E-state index in [1.807, 2.05) is 0 Å². The zero-order chi connectivity index (χ0) is 11.5. The summed E-state index contributed by atoms with van der Waals surface area (Å²) >= 11 is 0. The van der Waals surface area contributed by atoms with Crippen LogP contribution in [0.15, 0.2) is 30.4 Å². The third-order valence-corrected chi connectivity index (χ3v) is 3.51. The van der Waals surface area contributed by atoms with Crippen molar-refractivity contribution in [2.75, 3.05) is 0 Å². The fraction of sp³-hybridized carbons (Fsp3) is 0.467. The van der Waals surface area contributed by atoms with Gasteiger partial charge in [-0.1, -0.05) is 35.9 Å². The van der Waals surface area contributed by atoms with Crippen LogP contribution in [0, 0.1) is 19.8 Å². The van der Waals surface area contributed by atoms with E-state index in [4.69, 9.17) is 0 Å². The molecule has 16 heavy (non-hydrogen) atoms. The van der Waals surface area contributed by atoms with Gasteiger partial charge in [-0.15, -0.1) is 0 Å². The van der Waals surface area contributed by atoms with Gasteiger partial charge in [-0.3, -0.25) is 0 Å². The molecule has 2 atom stereocenters. The highest BCUT2D eigenvalue weighted by Gasteiger charge is 2.22. The zero-order valence-corrected chi connectivity index (χ0v) is 10.1. The molecule has 0 spiro atoms. The van der Waals surface area contributed by atoms with Crippen LogP contribution >= 0.6 is 0 Å². The number of benzene rings is 1. The Balaban J connectivity index is 2.22. The van der Waals surface area contributed by atoms with Crippen molar-refractivity contribution in [3.63, 3.8) is 0 Å². The van der Waals surface area contributed by atoms with Crippen LogP contribution in [0.2, 0.25) is 0 Å². The number of aliphatic hydroxyl groups is 1. The molecule has 1 heteroatoms. The van der Waals surface area contributed by atoms with Crippen LogP contribution < -0.4 is 0 Å². The second-order valence-electron chi connectivity index (χ2n) is 4.85. The minimum Gasteiger partial charge on any atom is -0.388 e. The molecule has 1 nitrogen and oxygen atoms in total. The molecule has 0 aromatic heterocycles. The van der Waals surface area contributed by atoms with Gasteiger partial charge in [-0.25, -0.2) is 0 Å². The molecule has 0 bridgehead atoms. The Morgan fingerprint density at radius 3 is 2.75 bits per heavy atom. The van der Waals surface area contributed by atoms with Gasteiger partial charge in [-0.2, -0.15) is 0 Å². The summed E-state index contributed by atoms with van der Waals surface area (Å²) < 4.78 is 0. The summed E-state index contributed by atoms with van der Waals surface area (Å²) in [4.78, 5) is 0. The fourth-order valence-electron chi connectivity index (χ4n) is 2.44. The first-order chi connectivity index (χ1) is 7.68. The van der Waals surface area contributed by atoms with Gasteiger partial charge in [0.2, 0.25) is 0 Å². The molecule has 1 aliphatic carbocycles. The predicted molar refractivity (Wildman–Crippen MR) is 67.4 cm³/mol. The van der Waals surface area contributed by atoms with Crippen LogP contribution in [0.3, 0.4) is 0 Å². The first-order valence-corrected chi connectivity index (χ1v) is 6.08. The number of aryl methyl sites for hydroxylation is 2. The average Bonchev–Trinajstić information content (AvgIpc) is 2.32. The molecule has 0 radical (unpaired) electrons. The Labute approximate surface area is 97.8 Å². The van der Waals surface area contributed by atoms with Crippen LogP contribution in [0.5, 0.6) is 0 Å². The van der Waals surface area contributed by atoms with Crippen molar-refractivity contribution >= 4 is 0 Å². The van der Waals surface area contributed by atoms with E-state index in [9.17, 15) is 5.11 Å². The van der Waals surface area contributed by atoms with Crippen LogP contribution in [-0.2, 0) is 0 Å². The number of hydrogen-bond acceptors (Lipinski definition) is 1. The Morgan fingerprint density at radius 2 is 2.06 bits per heavy atom. The van der Waals surface area contributed by atoms with E-state index in [-0.39, 0.29) is 6.10 Å². The quantitative estimate of drug-likeness (QED) is 0.747. The molecule has 1 N–H and O–H groups in total. The summed E-state index contributed by atoms with van der Waals surface area (Å²) in [7, 11) is 0. The molecule has 0 saturated carbocycles. The first-order valence-electron chi connectivity index (χ1n) is 6.08. The minimum atomic E-state index is -0.301. The van der Waals surface area contributed by atoms with E-state index >= 15 is 0 Å². The van der Waals surface area contributed by atoms with E-state index in [0.717, 1.165) is 24.8 Å². The number of allylic oxidation sites excluding steroid dienone is 2. The van der Waals surface area contributed by atoms with Crippen molar-refractivity contribution in [1.82, 2.24) is 0 Å². The number of aliphatic hydroxyl groups excluding tert-OH is 1. The molecule has 86 valence electrons. The van der Waals surface area contributed by atoms with Gasteiger partial charge in [0.05, 0.1) is 6.10 Å². The third-order valence-electron chi connectivity index (χ3n) is 3.51. The summed E-state index contributed by atoms with van der Waals surface area (Å²) in [5.74, 6) is 0.394. The Hall–Kier alpha value is -1.08. The number of hydrogen-bond donors (Lipinski definition) is 1. The van der Waals surface area contributed by atoms with E-state index in [0.29, 0.717) is 5.92 Å². The average molecular weight is 216 g/mol. The summed E-state index contributed by atoms with van der Waals surface area (Å²) in [6.45, 7) is 4.16. The van der Waals surface area contributed by atoms with Crippen molar-refractivity contribution in [2.45, 2.75) is 39.2 Å². The lowest BCUT2D eigenvalue weighted by molar-refractivity contribution is 0.102. The second-order valence-corrected chi connectivity index (χ2v) is 4.85. The standard InChI is InChI=1S/C15H20O/c1-11-8-9-12(2)14(10-11)15(16)13-6-4-3-5-7-13/h3-4,8-10,13,15-16H,5-7H2,1-2H3. The van der Waals surface area contributed by atoms with Crippen LogP contribution in [-0.4, -0.2) is 5.11 Å². The Bertz CT molecular complexity index is 392. The largest absolute Gasteiger partial charge is 0.388 e. The molecular weight excluding hydrogens is 196 g/mol. The van der Waals surface area contributed by atoms with Gasteiger partial charge in [0.25, 0.3) is 0 Å². The maximum absolute atomic E-state index is 10.4. The van der Waals surface area contributed by atoms with Gasteiger partial charge >= 0.3 is 0 Å². The molecule has 0 amide bonds. The van der Waals surface area contributed by atoms with Crippen molar-refractivity contribution < 1.29 is 5.11 Å². The maximum Gasteiger partial charge on any atom is 0.0823 e. The lowest BCUT2D eigenvalue weighted by Crippen LogP contribution is -2.15. The van der Waals surface area contributed by atoms with E-state index in [2.05, 4.69) is 44.2 Å². The Kier molecular flexibility index (Phi) is 3.45. The Morgan fingerprint density at radius 1 is 1.25 bits per heavy atom. The van der Waals surface area contributed by atoms with Gasteiger partial charge in [0.15, 0.2) is 0 Å². The third kappa shape index (κ3) is 2.35. The highest BCUT2D eigenvalue weighted by Crippen LogP contribution is 2.33. The van der Waals surface area contributed by atoms with Gasteiger partial charge in [0.1, 0.15) is 0 Å². The van der Waals surface area contributed by atoms with Crippen molar-refractivity contribution in [3.8, 4) is 0 Å².